The van der Waals surface area contributed by atoms with Crippen LogP contribution in [0.2, 0.25) is 0 Å². The first-order chi connectivity index (χ1) is 7.54. The van der Waals surface area contributed by atoms with Gasteiger partial charge in [0.15, 0.2) is 0 Å². The highest BCUT2D eigenvalue weighted by atomic mass is 16.6. The normalized spacial score (nSPS) is 12.2. The van der Waals surface area contributed by atoms with E-state index in [9.17, 15) is 10.1 Å². The number of likely N-dealkylation sites (N-methyl/N-ethyl adjacent to an activating group) is 1. The molecular formula is C10H15N3O3. The molecule has 1 heterocycles. The summed E-state index contributed by atoms with van der Waals surface area (Å²) in [5, 5.41) is 13.5. The minimum Gasteiger partial charge on any atom is -0.473 e. The molecule has 6 nitrogen and oxygen atoms in total. The van der Waals surface area contributed by atoms with E-state index >= 15 is 0 Å². The molecular weight excluding hydrogens is 210 g/mol. The van der Waals surface area contributed by atoms with E-state index in [4.69, 9.17) is 4.74 Å². The van der Waals surface area contributed by atoms with Crippen LogP contribution in [0.15, 0.2) is 12.3 Å². The van der Waals surface area contributed by atoms with Gasteiger partial charge < -0.3 is 10.1 Å². The van der Waals surface area contributed by atoms with Gasteiger partial charge in [0, 0.05) is 18.2 Å². The number of hydrogen-bond donors (Lipinski definition) is 1. The summed E-state index contributed by atoms with van der Waals surface area (Å²) in [7, 11) is 1.83. The van der Waals surface area contributed by atoms with Gasteiger partial charge in [-0.25, -0.2) is 4.98 Å². The molecule has 0 amide bonds. The third kappa shape index (κ3) is 3.16. The van der Waals surface area contributed by atoms with Crippen LogP contribution >= 0.6 is 0 Å². The fraction of sp³-hybridized carbons (Fsp3) is 0.500. The Labute approximate surface area is 93.8 Å². The average Bonchev–Trinajstić information content (AvgIpc) is 2.21. The van der Waals surface area contributed by atoms with E-state index < -0.39 is 4.92 Å². The maximum atomic E-state index is 10.5. The largest absolute Gasteiger partial charge is 0.473 e. The first-order valence-corrected chi connectivity index (χ1v) is 4.97. The predicted molar refractivity (Wildman–Crippen MR) is 59.6 cm³/mol. The van der Waals surface area contributed by atoms with Gasteiger partial charge in [0.25, 0.3) is 5.69 Å². The molecule has 0 aliphatic carbocycles. The highest BCUT2D eigenvalue weighted by molar-refractivity contribution is 5.36. The molecule has 88 valence electrons. The molecule has 6 heteroatoms. The molecule has 1 unspecified atom stereocenters. The van der Waals surface area contributed by atoms with Crippen molar-refractivity contribution in [2.24, 2.45) is 0 Å². The Hall–Kier alpha value is -1.69. The number of aryl methyl sites for hydroxylation is 1. The lowest BCUT2D eigenvalue weighted by atomic mass is 10.3. The summed E-state index contributed by atoms with van der Waals surface area (Å²) in [6.45, 7) is 4.33. The van der Waals surface area contributed by atoms with Gasteiger partial charge in [-0.05, 0) is 20.9 Å². The van der Waals surface area contributed by atoms with E-state index in [0.29, 0.717) is 18.0 Å². The van der Waals surface area contributed by atoms with Crippen LogP contribution < -0.4 is 10.1 Å². The number of nitrogens with one attached hydrogen (secondary N) is 1. The minimum absolute atomic E-state index is 0.0221. The molecule has 0 radical (unpaired) electrons. The van der Waals surface area contributed by atoms with Gasteiger partial charge in [-0.15, -0.1) is 0 Å². The van der Waals surface area contributed by atoms with Gasteiger partial charge >= 0.3 is 0 Å². The zero-order valence-electron chi connectivity index (χ0n) is 9.56. The topological polar surface area (TPSA) is 77.3 Å². The van der Waals surface area contributed by atoms with E-state index in [2.05, 4.69) is 10.3 Å². The van der Waals surface area contributed by atoms with E-state index in [1.54, 1.807) is 6.92 Å². The van der Waals surface area contributed by atoms with Crippen LogP contribution in [0.25, 0.3) is 0 Å². The highest BCUT2D eigenvalue weighted by Gasteiger charge is 2.12. The van der Waals surface area contributed by atoms with Crippen molar-refractivity contribution >= 4 is 5.69 Å². The number of ether oxygens (including phenoxy) is 1. The van der Waals surface area contributed by atoms with E-state index in [-0.39, 0.29) is 11.8 Å². The average molecular weight is 225 g/mol. The lowest BCUT2D eigenvalue weighted by Crippen LogP contribution is -2.26. The zero-order valence-corrected chi connectivity index (χ0v) is 9.56. The van der Waals surface area contributed by atoms with Crippen molar-refractivity contribution in [2.75, 3.05) is 13.6 Å². The lowest BCUT2D eigenvalue weighted by Gasteiger charge is -2.14. The van der Waals surface area contributed by atoms with Crippen molar-refractivity contribution in [1.29, 1.82) is 0 Å². The monoisotopic (exact) mass is 225 g/mol. The van der Waals surface area contributed by atoms with Gasteiger partial charge in [0.2, 0.25) is 5.88 Å². The summed E-state index contributed by atoms with van der Waals surface area (Å²) in [6.07, 6.45) is 1.17. The smallest absolute Gasteiger partial charge is 0.288 e. The van der Waals surface area contributed by atoms with Gasteiger partial charge in [-0.3, -0.25) is 10.1 Å². The van der Waals surface area contributed by atoms with Crippen LogP contribution in [-0.4, -0.2) is 29.6 Å². The maximum Gasteiger partial charge on any atom is 0.288 e. The summed E-state index contributed by atoms with van der Waals surface area (Å²) in [4.78, 5) is 14.0. The van der Waals surface area contributed by atoms with Crippen LogP contribution in [0.3, 0.4) is 0 Å². The third-order valence-corrected chi connectivity index (χ3v) is 2.03. The van der Waals surface area contributed by atoms with Crippen molar-refractivity contribution < 1.29 is 9.66 Å². The number of nitro groups is 1. The summed E-state index contributed by atoms with van der Waals surface area (Å²) in [5.74, 6) is 0.438. The van der Waals surface area contributed by atoms with E-state index in [1.807, 2.05) is 14.0 Å². The van der Waals surface area contributed by atoms with Gasteiger partial charge in [0.05, 0.1) is 4.92 Å². The predicted octanol–water partition coefficient (Wildman–Crippen LogP) is 1.28. The zero-order chi connectivity index (χ0) is 12.1. The molecule has 1 N–H and O–H groups in total. The molecule has 0 bridgehead atoms. The van der Waals surface area contributed by atoms with Crippen LogP contribution in [0.5, 0.6) is 5.88 Å². The van der Waals surface area contributed by atoms with Gasteiger partial charge in [-0.2, -0.15) is 0 Å². The third-order valence-electron chi connectivity index (χ3n) is 2.03. The quantitative estimate of drug-likeness (QED) is 0.603. The molecule has 0 saturated carbocycles. The summed E-state index contributed by atoms with van der Waals surface area (Å²) in [6, 6.07) is 1.45. The van der Waals surface area contributed by atoms with Gasteiger partial charge in [-0.1, -0.05) is 0 Å². The second-order valence-corrected chi connectivity index (χ2v) is 3.56. The van der Waals surface area contributed by atoms with Crippen molar-refractivity contribution in [1.82, 2.24) is 10.3 Å². The number of hydrogen-bond acceptors (Lipinski definition) is 5. The standard InChI is InChI=1S/C10H15N3O3/c1-7-4-9(13(14)15)6-12-10(7)16-8(2)5-11-3/h4,6,8,11H,5H2,1-3H3. The molecule has 0 saturated heterocycles. The van der Waals surface area contributed by atoms with E-state index in [1.165, 1.54) is 12.3 Å². The van der Waals surface area contributed by atoms with Crippen molar-refractivity contribution in [3.63, 3.8) is 0 Å². The number of nitrogens with zero attached hydrogens (tertiary/aromatic N) is 2. The Morgan fingerprint density at radius 1 is 1.69 bits per heavy atom. The van der Waals surface area contributed by atoms with Crippen molar-refractivity contribution in [2.45, 2.75) is 20.0 Å². The molecule has 0 aliphatic rings. The Bertz CT molecular complexity index is 382. The summed E-state index contributed by atoms with van der Waals surface area (Å²) >= 11 is 0. The Kier molecular flexibility index (Phi) is 4.19. The number of aromatic nitrogens is 1. The summed E-state index contributed by atoms with van der Waals surface area (Å²) in [5.41, 5.74) is 0.642. The fourth-order valence-electron chi connectivity index (χ4n) is 1.29. The molecule has 0 aromatic carbocycles. The number of rotatable bonds is 5. The first-order valence-electron chi connectivity index (χ1n) is 4.97. The highest BCUT2D eigenvalue weighted by Crippen LogP contribution is 2.20. The summed E-state index contributed by atoms with van der Waals surface area (Å²) < 4.78 is 5.52. The first kappa shape index (κ1) is 12.4. The molecule has 1 aromatic rings. The molecule has 1 aromatic heterocycles. The fourth-order valence-corrected chi connectivity index (χ4v) is 1.29. The molecule has 1 rings (SSSR count). The minimum atomic E-state index is -0.471. The maximum absolute atomic E-state index is 10.5. The molecule has 0 aliphatic heterocycles. The Morgan fingerprint density at radius 3 is 2.88 bits per heavy atom. The van der Waals surface area contributed by atoms with E-state index in [0.717, 1.165) is 0 Å². The Morgan fingerprint density at radius 2 is 2.38 bits per heavy atom. The van der Waals surface area contributed by atoms with Crippen LogP contribution in [0.4, 0.5) is 5.69 Å². The van der Waals surface area contributed by atoms with Crippen molar-refractivity contribution in [3.05, 3.63) is 27.9 Å². The Balaban J connectivity index is 2.79. The van der Waals surface area contributed by atoms with Crippen LogP contribution in [0.1, 0.15) is 12.5 Å². The van der Waals surface area contributed by atoms with Crippen LogP contribution in [-0.2, 0) is 0 Å². The molecule has 0 fully saturated rings. The van der Waals surface area contributed by atoms with Crippen LogP contribution in [0, 0.1) is 17.0 Å². The lowest BCUT2D eigenvalue weighted by molar-refractivity contribution is -0.385. The second kappa shape index (κ2) is 5.41. The van der Waals surface area contributed by atoms with Gasteiger partial charge in [0.1, 0.15) is 12.3 Å². The van der Waals surface area contributed by atoms with Crippen molar-refractivity contribution in [3.8, 4) is 5.88 Å². The molecule has 1 atom stereocenters. The SMILES string of the molecule is CNCC(C)Oc1ncc([N+](=O)[O-])cc1C. The molecule has 16 heavy (non-hydrogen) atoms. The molecule has 0 spiro atoms. The number of pyridine rings is 1. The second-order valence-electron chi connectivity index (χ2n) is 3.56.